The van der Waals surface area contributed by atoms with Gasteiger partial charge in [0.2, 0.25) is 0 Å². The number of rotatable bonds is 3. The molecule has 0 fully saturated rings. The molecular formula is C17H12FNO2. The van der Waals surface area contributed by atoms with Crippen LogP contribution in [-0.4, -0.2) is 23.3 Å². The summed E-state index contributed by atoms with van der Waals surface area (Å²) in [4.78, 5) is 25.4. The van der Waals surface area contributed by atoms with Gasteiger partial charge in [0, 0.05) is 6.54 Å². The second kappa shape index (κ2) is 5.32. The number of benzene rings is 2. The zero-order valence-electron chi connectivity index (χ0n) is 11.1. The average Bonchev–Trinajstić information content (AvgIpc) is 2.75. The third kappa shape index (κ3) is 2.48. The first kappa shape index (κ1) is 13.2. The van der Waals surface area contributed by atoms with Crippen LogP contribution in [-0.2, 0) is 0 Å². The molecule has 0 atom stereocenters. The van der Waals surface area contributed by atoms with E-state index < -0.39 is 0 Å². The van der Waals surface area contributed by atoms with Crippen molar-refractivity contribution in [3.05, 3.63) is 77.1 Å². The normalized spacial score (nSPS) is 14.0. The number of amides is 2. The molecule has 1 aliphatic rings. The number of halogens is 1. The van der Waals surface area contributed by atoms with Crippen LogP contribution in [0.3, 0.4) is 0 Å². The molecule has 21 heavy (non-hydrogen) atoms. The molecule has 3 nitrogen and oxygen atoms in total. The van der Waals surface area contributed by atoms with E-state index in [9.17, 15) is 14.0 Å². The Labute approximate surface area is 121 Å². The molecule has 0 saturated heterocycles. The molecule has 104 valence electrons. The van der Waals surface area contributed by atoms with Crippen LogP contribution >= 0.6 is 0 Å². The van der Waals surface area contributed by atoms with E-state index in [1.54, 1.807) is 48.6 Å². The van der Waals surface area contributed by atoms with Crippen molar-refractivity contribution >= 4 is 17.9 Å². The fourth-order valence-electron chi connectivity index (χ4n) is 2.27. The summed E-state index contributed by atoms with van der Waals surface area (Å²) in [6, 6.07) is 12.8. The minimum atomic E-state index is -0.299. The molecule has 2 amide bonds. The fourth-order valence-corrected chi connectivity index (χ4v) is 2.27. The molecule has 0 saturated carbocycles. The Morgan fingerprint density at radius 3 is 2.05 bits per heavy atom. The van der Waals surface area contributed by atoms with Crippen molar-refractivity contribution < 1.29 is 14.0 Å². The smallest absolute Gasteiger partial charge is 0.261 e. The van der Waals surface area contributed by atoms with Crippen molar-refractivity contribution in [2.75, 3.05) is 6.54 Å². The van der Waals surface area contributed by atoms with Crippen molar-refractivity contribution in [3.63, 3.8) is 0 Å². The van der Waals surface area contributed by atoms with Gasteiger partial charge in [-0.1, -0.05) is 36.4 Å². The number of carbonyl (C=O) groups excluding carboxylic acids is 2. The monoisotopic (exact) mass is 281 g/mol. The van der Waals surface area contributed by atoms with Gasteiger partial charge in [-0.05, 0) is 29.8 Å². The molecule has 0 aliphatic carbocycles. The Morgan fingerprint density at radius 2 is 1.48 bits per heavy atom. The van der Waals surface area contributed by atoms with E-state index in [0.29, 0.717) is 11.1 Å². The molecule has 0 unspecified atom stereocenters. The van der Waals surface area contributed by atoms with Crippen molar-refractivity contribution in [2.45, 2.75) is 0 Å². The predicted molar refractivity (Wildman–Crippen MR) is 77.2 cm³/mol. The van der Waals surface area contributed by atoms with E-state index in [4.69, 9.17) is 0 Å². The first-order chi connectivity index (χ1) is 10.2. The number of hydrogen-bond donors (Lipinski definition) is 0. The van der Waals surface area contributed by atoms with Crippen LogP contribution in [0.25, 0.3) is 6.08 Å². The van der Waals surface area contributed by atoms with Gasteiger partial charge in [-0.25, -0.2) is 4.39 Å². The molecule has 0 bridgehead atoms. The number of carbonyl (C=O) groups is 2. The maximum absolute atomic E-state index is 12.8. The summed E-state index contributed by atoms with van der Waals surface area (Å²) in [7, 11) is 0. The Morgan fingerprint density at radius 1 is 0.905 bits per heavy atom. The van der Waals surface area contributed by atoms with Gasteiger partial charge in [-0.2, -0.15) is 0 Å². The summed E-state index contributed by atoms with van der Waals surface area (Å²) in [6.07, 6.45) is 3.47. The lowest BCUT2D eigenvalue weighted by atomic mass is 10.1. The molecule has 2 aromatic carbocycles. The highest BCUT2D eigenvalue weighted by molar-refractivity contribution is 6.21. The molecule has 0 spiro atoms. The second-order valence-electron chi connectivity index (χ2n) is 4.72. The zero-order valence-corrected chi connectivity index (χ0v) is 11.1. The molecule has 3 rings (SSSR count). The summed E-state index contributed by atoms with van der Waals surface area (Å²) >= 11 is 0. The summed E-state index contributed by atoms with van der Waals surface area (Å²) < 4.78 is 12.8. The van der Waals surface area contributed by atoms with Crippen LogP contribution in [0.2, 0.25) is 0 Å². The van der Waals surface area contributed by atoms with E-state index in [1.165, 1.54) is 17.0 Å². The predicted octanol–water partition coefficient (Wildman–Crippen LogP) is 3.14. The van der Waals surface area contributed by atoms with Gasteiger partial charge >= 0.3 is 0 Å². The standard InChI is InChI=1S/C17H12FNO2/c18-13-9-7-12(8-10-13)4-3-11-19-16(20)14-5-1-2-6-15(14)17(19)21/h1-10H,11H2/b4-3-. The highest BCUT2D eigenvalue weighted by Gasteiger charge is 2.33. The van der Waals surface area contributed by atoms with Gasteiger partial charge in [-0.15, -0.1) is 0 Å². The Kier molecular flexibility index (Phi) is 3.36. The SMILES string of the molecule is O=C1c2ccccc2C(=O)N1C/C=C\c1ccc(F)cc1. The lowest BCUT2D eigenvalue weighted by Crippen LogP contribution is -2.29. The summed E-state index contributed by atoms with van der Waals surface area (Å²) in [5.74, 6) is -0.855. The number of fused-ring (bicyclic) bond motifs is 1. The molecule has 1 heterocycles. The van der Waals surface area contributed by atoms with Crippen molar-refractivity contribution in [1.82, 2.24) is 4.90 Å². The second-order valence-corrected chi connectivity index (χ2v) is 4.72. The molecule has 4 heteroatoms. The molecule has 2 aromatic rings. The summed E-state index contributed by atoms with van der Waals surface area (Å²) in [6.45, 7) is 0.198. The fraction of sp³-hybridized carbons (Fsp3) is 0.0588. The highest BCUT2D eigenvalue weighted by atomic mass is 19.1. The van der Waals surface area contributed by atoms with Crippen LogP contribution in [0.1, 0.15) is 26.3 Å². The topological polar surface area (TPSA) is 37.4 Å². The zero-order chi connectivity index (χ0) is 14.8. The first-order valence-electron chi connectivity index (χ1n) is 6.54. The van der Waals surface area contributed by atoms with Crippen LogP contribution < -0.4 is 0 Å². The van der Waals surface area contributed by atoms with Crippen LogP contribution in [0.15, 0.2) is 54.6 Å². The minimum Gasteiger partial charge on any atom is -0.270 e. The van der Waals surface area contributed by atoms with Gasteiger partial charge in [0.05, 0.1) is 11.1 Å². The summed E-state index contributed by atoms with van der Waals surface area (Å²) in [5.41, 5.74) is 1.70. The molecule has 0 radical (unpaired) electrons. The maximum atomic E-state index is 12.8. The third-order valence-electron chi connectivity index (χ3n) is 3.35. The van der Waals surface area contributed by atoms with E-state index >= 15 is 0 Å². The Balaban J connectivity index is 1.74. The number of hydrogen-bond acceptors (Lipinski definition) is 2. The van der Waals surface area contributed by atoms with Crippen LogP contribution in [0.5, 0.6) is 0 Å². The van der Waals surface area contributed by atoms with E-state index in [-0.39, 0.29) is 24.2 Å². The van der Waals surface area contributed by atoms with Crippen molar-refractivity contribution in [1.29, 1.82) is 0 Å². The lowest BCUT2D eigenvalue weighted by Gasteiger charge is -2.10. The summed E-state index contributed by atoms with van der Waals surface area (Å²) in [5, 5.41) is 0. The largest absolute Gasteiger partial charge is 0.270 e. The lowest BCUT2D eigenvalue weighted by molar-refractivity contribution is 0.0672. The molecular weight excluding hydrogens is 269 g/mol. The van der Waals surface area contributed by atoms with Crippen LogP contribution in [0, 0.1) is 5.82 Å². The van der Waals surface area contributed by atoms with Crippen molar-refractivity contribution in [2.24, 2.45) is 0 Å². The van der Waals surface area contributed by atoms with Gasteiger partial charge in [0.1, 0.15) is 5.82 Å². The van der Waals surface area contributed by atoms with Gasteiger partial charge in [0.15, 0.2) is 0 Å². The van der Waals surface area contributed by atoms with E-state index in [1.807, 2.05) is 0 Å². The van der Waals surface area contributed by atoms with E-state index in [0.717, 1.165) is 5.56 Å². The third-order valence-corrected chi connectivity index (χ3v) is 3.35. The Hall–Kier alpha value is -2.75. The van der Waals surface area contributed by atoms with Crippen LogP contribution in [0.4, 0.5) is 4.39 Å². The molecule has 1 aliphatic heterocycles. The molecule has 0 aromatic heterocycles. The van der Waals surface area contributed by atoms with Gasteiger partial charge < -0.3 is 0 Å². The van der Waals surface area contributed by atoms with Gasteiger partial charge in [-0.3, -0.25) is 14.5 Å². The number of imide groups is 1. The quantitative estimate of drug-likeness (QED) is 0.810. The minimum absolute atomic E-state index is 0.198. The average molecular weight is 281 g/mol. The Bertz CT molecular complexity index is 700. The highest BCUT2D eigenvalue weighted by Crippen LogP contribution is 2.22. The van der Waals surface area contributed by atoms with Gasteiger partial charge in [0.25, 0.3) is 11.8 Å². The first-order valence-corrected chi connectivity index (χ1v) is 6.54. The maximum Gasteiger partial charge on any atom is 0.261 e. The van der Waals surface area contributed by atoms with Crippen molar-refractivity contribution in [3.8, 4) is 0 Å². The molecule has 0 N–H and O–H groups in total. The van der Waals surface area contributed by atoms with E-state index in [2.05, 4.69) is 0 Å². The number of nitrogens with zero attached hydrogens (tertiary/aromatic N) is 1.